The van der Waals surface area contributed by atoms with Crippen LogP contribution in [-0.2, 0) is 21.1 Å². The molecule has 9 heteroatoms. The highest BCUT2D eigenvalue weighted by atomic mass is 28.4. The van der Waals surface area contributed by atoms with E-state index in [1.165, 1.54) is 12.1 Å². The Kier molecular flexibility index (Phi) is 7.76. The van der Waals surface area contributed by atoms with Gasteiger partial charge in [0.05, 0.1) is 17.4 Å². The van der Waals surface area contributed by atoms with Crippen LogP contribution in [0.2, 0.25) is 18.1 Å². The van der Waals surface area contributed by atoms with E-state index in [9.17, 15) is 22.4 Å². The van der Waals surface area contributed by atoms with E-state index in [1.807, 2.05) is 26.8 Å². The Balaban J connectivity index is 1.60. The third-order valence-corrected chi connectivity index (χ3v) is 14.7. The monoisotopic (exact) mass is 574 g/mol. The van der Waals surface area contributed by atoms with Crippen LogP contribution in [0, 0.1) is 11.7 Å². The molecule has 216 valence electrons. The van der Waals surface area contributed by atoms with Crippen LogP contribution in [0.5, 0.6) is 0 Å². The SMILES string of the molecule is CC[Si](CC)(CC)O[C@]1(C(F)(F)F)CC[C@@]2(CC=O)c3cc4cnn(-c5ccc(F)cc5)c4cc3CCC[C@@H]2C1. The van der Waals surface area contributed by atoms with Gasteiger partial charge in [0.15, 0.2) is 13.9 Å². The molecule has 5 rings (SSSR count). The molecule has 0 amide bonds. The van der Waals surface area contributed by atoms with Gasteiger partial charge in [0.2, 0.25) is 0 Å². The summed E-state index contributed by atoms with van der Waals surface area (Å²) in [6, 6.07) is 12.2. The minimum atomic E-state index is -4.48. The Morgan fingerprint density at radius 2 is 1.80 bits per heavy atom. The molecule has 0 unspecified atom stereocenters. The first-order valence-electron chi connectivity index (χ1n) is 14.5. The summed E-state index contributed by atoms with van der Waals surface area (Å²) >= 11 is 0. The first-order chi connectivity index (χ1) is 19.1. The number of hydrogen-bond donors (Lipinski definition) is 0. The van der Waals surface area contributed by atoms with E-state index in [4.69, 9.17) is 4.43 Å². The molecule has 0 bridgehead atoms. The van der Waals surface area contributed by atoms with Crippen molar-refractivity contribution >= 4 is 25.5 Å². The number of benzene rings is 2. The molecule has 40 heavy (non-hydrogen) atoms. The Hall–Kier alpha value is -2.52. The van der Waals surface area contributed by atoms with Crippen molar-refractivity contribution < 1.29 is 26.8 Å². The van der Waals surface area contributed by atoms with Crippen LogP contribution in [0.1, 0.15) is 70.4 Å². The summed E-state index contributed by atoms with van der Waals surface area (Å²) in [5.74, 6) is -0.653. The highest BCUT2D eigenvalue weighted by Gasteiger charge is 2.64. The number of carbonyl (C=O) groups is 1. The van der Waals surface area contributed by atoms with Crippen molar-refractivity contribution in [1.29, 1.82) is 0 Å². The van der Waals surface area contributed by atoms with E-state index >= 15 is 0 Å². The van der Waals surface area contributed by atoms with Crippen LogP contribution >= 0.6 is 0 Å². The standard InChI is InChI=1S/C31H38F4N2O2Si/c1-4-40(5-2,6-3)39-30(31(33,34)35)15-14-29(16-17-38)24(20-30)9-7-8-22-19-28-23(18-27(22)29)21-36-37(28)26-12-10-25(32)11-13-26/h10-13,17-19,21,24H,4-9,14-16,20H2,1-3H3/t24-,29+,30-/m1/s1. The zero-order valence-electron chi connectivity index (χ0n) is 23.5. The summed E-state index contributed by atoms with van der Waals surface area (Å²) in [5.41, 5.74) is 0.784. The molecule has 4 nitrogen and oxygen atoms in total. The van der Waals surface area contributed by atoms with Crippen LogP contribution in [0.25, 0.3) is 16.6 Å². The van der Waals surface area contributed by atoms with Gasteiger partial charge in [0, 0.05) is 17.2 Å². The molecule has 2 aliphatic carbocycles. The average molecular weight is 575 g/mol. The fraction of sp³-hybridized carbons (Fsp3) is 0.548. The van der Waals surface area contributed by atoms with Gasteiger partial charge in [-0.15, -0.1) is 0 Å². The van der Waals surface area contributed by atoms with E-state index in [2.05, 4.69) is 11.2 Å². The topological polar surface area (TPSA) is 44.1 Å². The second-order valence-corrected chi connectivity index (χ2v) is 16.5. The van der Waals surface area contributed by atoms with Gasteiger partial charge < -0.3 is 9.22 Å². The molecule has 2 aromatic carbocycles. The number of hydrogen-bond acceptors (Lipinski definition) is 3. The predicted octanol–water partition coefficient (Wildman–Crippen LogP) is 8.45. The Morgan fingerprint density at radius 3 is 2.42 bits per heavy atom. The van der Waals surface area contributed by atoms with E-state index in [-0.39, 0.29) is 37.4 Å². The second-order valence-electron chi connectivity index (χ2n) is 11.8. The maximum atomic E-state index is 15.0. The lowest BCUT2D eigenvalue weighted by Gasteiger charge is -2.54. The number of aldehydes is 1. The summed E-state index contributed by atoms with van der Waals surface area (Å²) in [5, 5.41) is 5.40. The van der Waals surface area contributed by atoms with Gasteiger partial charge in [-0.2, -0.15) is 18.3 Å². The molecule has 0 saturated heterocycles. The lowest BCUT2D eigenvalue weighted by Crippen LogP contribution is -2.61. The number of nitrogens with zero attached hydrogens (tertiary/aromatic N) is 2. The number of fused-ring (bicyclic) bond motifs is 4. The number of aromatic nitrogens is 2. The molecule has 1 saturated carbocycles. The third kappa shape index (κ3) is 4.72. The van der Waals surface area contributed by atoms with E-state index in [0.717, 1.165) is 40.4 Å². The normalized spacial score (nSPS) is 25.3. The quantitative estimate of drug-likeness (QED) is 0.154. The third-order valence-electron chi connectivity index (χ3n) is 10.0. The number of rotatable bonds is 8. The van der Waals surface area contributed by atoms with Crippen LogP contribution in [-0.4, -0.2) is 36.2 Å². The molecular formula is C31H38F4N2O2Si. The Morgan fingerprint density at radius 1 is 1.10 bits per heavy atom. The number of alkyl halides is 3. The van der Waals surface area contributed by atoms with Crippen LogP contribution < -0.4 is 0 Å². The van der Waals surface area contributed by atoms with Gasteiger partial charge in [-0.05, 0) is 110 Å². The van der Waals surface area contributed by atoms with Gasteiger partial charge in [-0.3, -0.25) is 0 Å². The highest BCUT2D eigenvalue weighted by molar-refractivity contribution is 6.73. The number of carbonyl (C=O) groups excluding carboxylic acids is 1. The number of aryl methyl sites for hydroxylation is 1. The van der Waals surface area contributed by atoms with Gasteiger partial charge >= 0.3 is 6.18 Å². The minimum Gasteiger partial charge on any atom is -0.403 e. The summed E-state index contributed by atoms with van der Waals surface area (Å²) in [6.45, 7) is 5.88. The van der Waals surface area contributed by atoms with Crippen LogP contribution in [0.15, 0.2) is 42.6 Å². The molecule has 1 fully saturated rings. The summed E-state index contributed by atoms with van der Waals surface area (Å²) in [7, 11) is -2.56. The number of halogens is 4. The highest BCUT2D eigenvalue weighted by Crippen LogP contribution is 2.59. The fourth-order valence-corrected chi connectivity index (χ4v) is 10.6. The smallest absolute Gasteiger partial charge is 0.403 e. The first-order valence-corrected chi connectivity index (χ1v) is 17.1. The van der Waals surface area contributed by atoms with Crippen LogP contribution in [0.4, 0.5) is 17.6 Å². The summed E-state index contributed by atoms with van der Waals surface area (Å²) in [6.07, 6.45) is 0.414. The van der Waals surface area contributed by atoms with Crippen LogP contribution in [0.3, 0.4) is 0 Å². The molecule has 1 aromatic heterocycles. The van der Waals surface area contributed by atoms with Crippen molar-refractivity contribution in [3.05, 3.63) is 59.5 Å². The van der Waals surface area contributed by atoms with Gasteiger partial charge in [0.1, 0.15) is 12.1 Å². The van der Waals surface area contributed by atoms with Crippen molar-refractivity contribution in [2.24, 2.45) is 5.92 Å². The van der Waals surface area contributed by atoms with Crippen molar-refractivity contribution in [3.63, 3.8) is 0 Å². The zero-order valence-corrected chi connectivity index (χ0v) is 24.5. The Labute approximate surface area is 234 Å². The van der Waals surface area contributed by atoms with Crippen molar-refractivity contribution in [3.8, 4) is 5.69 Å². The fourth-order valence-electron chi connectivity index (χ4n) is 7.49. The van der Waals surface area contributed by atoms with Gasteiger partial charge in [-0.25, -0.2) is 9.07 Å². The predicted molar refractivity (Wildman–Crippen MR) is 151 cm³/mol. The maximum absolute atomic E-state index is 15.0. The zero-order chi connectivity index (χ0) is 28.8. The molecule has 0 spiro atoms. The molecule has 2 aliphatic rings. The molecule has 0 aliphatic heterocycles. The van der Waals surface area contributed by atoms with Gasteiger partial charge in [-0.1, -0.05) is 20.8 Å². The van der Waals surface area contributed by atoms with E-state index in [1.54, 1.807) is 23.0 Å². The summed E-state index contributed by atoms with van der Waals surface area (Å²) < 4.78 is 66.7. The van der Waals surface area contributed by atoms with Crippen molar-refractivity contribution in [1.82, 2.24) is 9.78 Å². The Bertz CT molecular complexity index is 1360. The average Bonchev–Trinajstić information content (AvgIpc) is 3.28. The maximum Gasteiger partial charge on any atom is 0.416 e. The van der Waals surface area contributed by atoms with Gasteiger partial charge in [0.25, 0.3) is 0 Å². The molecular weight excluding hydrogens is 536 g/mol. The first kappa shape index (κ1) is 29.0. The molecule has 3 aromatic rings. The van der Waals surface area contributed by atoms with E-state index < -0.39 is 25.5 Å². The molecule has 3 atom stereocenters. The molecule has 1 heterocycles. The van der Waals surface area contributed by atoms with Crippen molar-refractivity contribution in [2.75, 3.05) is 0 Å². The lowest BCUT2D eigenvalue weighted by atomic mass is 9.56. The second kappa shape index (κ2) is 10.7. The van der Waals surface area contributed by atoms with Crippen molar-refractivity contribution in [2.45, 2.75) is 101 Å². The minimum absolute atomic E-state index is 0.106. The molecule has 0 radical (unpaired) electrons. The van der Waals surface area contributed by atoms with E-state index in [0.29, 0.717) is 31.0 Å². The lowest BCUT2D eigenvalue weighted by molar-refractivity contribution is -0.272. The molecule has 0 N–H and O–H groups in total. The largest absolute Gasteiger partial charge is 0.416 e. The summed E-state index contributed by atoms with van der Waals surface area (Å²) in [4.78, 5) is 12.2.